The summed E-state index contributed by atoms with van der Waals surface area (Å²) < 4.78 is 8.51. The van der Waals surface area contributed by atoms with Gasteiger partial charge in [-0.05, 0) is 112 Å². The lowest BCUT2D eigenvalue weighted by atomic mass is 9.48. The fraction of sp³-hybridized carbons (Fsp3) is 0.840. The third kappa shape index (κ3) is 3.25. The van der Waals surface area contributed by atoms with Crippen molar-refractivity contribution in [3.05, 3.63) is 21.3 Å². The second-order valence-electron chi connectivity index (χ2n) is 12.2. The summed E-state index contributed by atoms with van der Waals surface area (Å²) in [4.78, 5) is 0. The van der Waals surface area contributed by atoms with Gasteiger partial charge in [0.2, 0.25) is 0 Å². The van der Waals surface area contributed by atoms with E-state index in [2.05, 4.69) is 82.5 Å². The number of hydrogen-bond donors (Lipinski definition) is 0. The smallest absolute Gasteiger partial charge is 0.192 e. The minimum absolute atomic E-state index is 0.306. The molecule has 0 radical (unpaired) electrons. The third-order valence-electron chi connectivity index (χ3n) is 9.81. The minimum atomic E-state index is -1.68. The maximum absolute atomic E-state index is 6.86. The van der Waals surface area contributed by atoms with E-state index in [1.807, 2.05) is 0 Å². The first-order valence-corrected chi connectivity index (χ1v) is 15.6. The molecule has 3 heteroatoms. The molecule has 0 heterocycles. The van der Waals surface area contributed by atoms with Crippen LogP contribution in [0.15, 0.2) is 21.3 Å². The van der Waals surface area contributed by atoms with E-state index in [-0.39, 0.29) is 0 Å². The number of hydrogen-bond acceptors (Lipinski definition) is 1. The van der Waals surface area contributed by atoms with Crippen molar-refractivity contribution in [2.24, 2.45) is 28.6 Å². The average Bonchev–Trinajstić information content (AvgIpc) is 2.89. The molecule has 4 aliphatic rings. The second-order valence-corrected chi connectivity index (χ2v) is 18.2. The van der Waals surface area contributed by atoms with Crippen LogP contribution in [0.3, 0.4) is 0 Å². The summed E-state index contributed by atoms with van der Waals surface area (Å²) in [6.45, 7) is 17.1. The Morgan fingerprint density at radius 1 is 1.00 bits per heavy atom. The van der Waals surface area contributed by atoms with Crippen LogP contribution in [0.25, 0.3) is 0 Å². The molecule has 0 saturated heterocycles. The molecule has 28 heavy (non-hydrogen) atoms. The standard InChI is InChI=1S/C25H41IOSi/c1-23(2,3)28(6,7)27-18-12-14-24(4)17(16-18)8-9-19-20-10-11-22(26)25(20,5)15-13-21(19)24/h8,11,18-21H,9-10,12-16H2,1-7H3/t18-,19?,20?,21?,24-,25-/m0/s1. The summed E-state index contributed by atoms with van der Waals surface area (Å²) in [7, 11) is -1.68. The largest absolute Gasteiger partial charge is 0.414 e. The van der Waals surface area contributed by atoms with Crippen LogP contribution in [-0.4, -0.2) is 14.4 Å². The zero-order chi connectivity index (χ0) is 20.5. The third-order valence-corrected chi connectivity index (χ3v) is 16.0. The van der Waals surface area contributed by atoms with Crippen molar-refractivity contribution in [3.8, 4) is 0 Å². The molecule has 0 spiro atoms. The molecule has 0 aromatic rings. The van der Waals surface area contributed by atoms with Gasteiger partial charge < -0.3 is 4.43 Å². The van der Waals surface area contributed by atoms with Crippen molar-refractivity contribution in [1.82, 2.24) is 0 Å². The van der Waals surface area contributed by atoms with Gasteiger partial charge in [0.1, 0.15) is 0 Å². The van der Waals surface area contributed by atoms with Crippen LogP contribution in [0, 0.1) is 28.6 Å². The number of fused-ring (bicyclic) bond motifs is 5. The lowest BCUT2D eigenvalue weighted by molar-refractivity contribution is -0.0254. The van der Waals surface area contributed by atoms with Crippen molar-refractivity contribution in [2.75, 3.05) is 0 Å². The van der Waals surface area contributed by atoms with Crippen LogP contribution in [-0.2, 0) is 4.43 Å². The Balaban J connectivity index is 1.53. The summed E-state index contributed by atoms with van der Waals surface area (Å²) in [6, 6.07) is 0. The zero-order valence-corrected chi connectivity index (χ0v) is 22.4. The molecule has 158 valence electrons. The molecular weight excluding hydrogens is 471 g/mol. The van der Waals surface area contributed by atoms with Gasteiger partial charge in [-0.3, -0.25) is 0 Å². The number of rotatable bonds is 2. The topological polar surface area (TPSA) is 9.23 Å². The summed E-state index contributed by atoms with van der Waals surface area (Å²) >= 11 is 2.64. The van der Waals surface area contributed by atoms with E-state index in [0.29, 0.717) is 22.0 Å². The minimum Gasteiger partial charge on any atom is -0.414 e. The van der Waals surface area contributed by atoms with Crippen molar-refractivity contribution < 1.29 is 4.43 Å². The molecule has 3 unspecified atom stereocenters. The van der Waals surface area contributed by atoms with Crippen molar-refractivity contribution >= 4 is 30.9 Å². The molecule has 4 aliphatic carbocycles. The first kappa shape index (κ1) is 21.6. The molecule has 2 fully saturated rings. The van der Waals surface area contributed by atoms with E-state index in [9.17, 15) is 0 Å². The van der Waals surface area contributed by atoms with Crippen LogP contribution < -0.4 is 0 Å². The quantitative estimate of drug-likeness (QED) is 0.206. The highest BCUT2D eigenvalue weighted by atomic mass is 127. The zero-order valence-electron chi connectivity index (χ0n) is 19.2. The SMILES string of the molecule is CC(C)(C)[Si](C)(C)O[C@H]1CC[C@@]2(C)C(=CCC3C2CC[C@]2(C)C(I)=CCC32)C1. The highest BCUT2D eigenvalue weighted by Gasteiger charge is 2.56. The predicted molar refractivity (Wildman–Crippen MR) is 131 cm³/mol. The summed E-state index contributed by atoms with van der Waals surface area (Å²) in [5.74, 6) is 2.68. The van der Waals surface area contributed by atoms with Gasteiger partial charge in [0.05, 0.1) is 0 Å². The average molecular weight is 513 g/mol. The Kier molecular flexibility index (Phi) is 5.36. The fourth-order valence-corrected chi connectivity index (χ4v) is 9.15. The van der Waals surface area contributed by atoms with Gasteiger partial charge in [0.15, 0.2) is 8.32 Å². The van der Waals surface area contributed by atoms with E-state index >= 15 is 0 Å². The van der Waals surface area contributed by atoms with Gasteiger partial charge in [-0.2, -0.15) is 0 Å². The van der Waals surface area contributed by atoms with E-state index in [1.54, 1.807) is 9.15 Å². The molecule has 0 N–H and O–H groups in total. The molecule has 2 saturated carbocycles. The van der Waals surface area contributed by atoms with Crippen LogP contribution in [0.5, 0.6) is 0 Å². The molecule has 0 aromatic heterocycles. The first-order valence-electron chi connectivity index (χ1n) is 11.6. The molecule has 0 amide bonds. The van der Waals surface area contributed by atoms with E-state index < -0.39 is 8.32 Å². The molecule has 0 aliphatic heterocycles. The molecule has 4 rings (SSSR count). The molecular formula is C25H41IOSi. The van der Waals surface area contributed by atoms with Gasteiger partial charge in [-0.1, -0.05) is 52.3 Å². The second kappa shape index (κ2) is 6.95. The normalized spacial score (nSPS) is 43.6. The van der Waals surface area contributed by atoms with Crippen LogP contribution in [0.4, 0.5) is 0 Å². The Labute approximate surface area is 188 Å². The van der Waals surface area contributed by atoms with E-state index in [1.165, 1.54) is 44.9 Å². The van der Waals surface area contributed by atoms with E-state index in [0.717, 1.165) is 17.8 Å². The van der Waals surface area contributed by atoms with Gasteiger partial charge >= 0.3 is 0 Å². The van der Waals surface area contributed by atoms with Gasteiger partial charge in [-0.15, -0.1) is 0 Å². The van der Waals surface area contributed by atoms with E-state index in [4.69, 9.17) is 4.43 Å². The predicted octanol–water partition coefficient (Wildman–Crippen LogP) is 8.27. The Hall–Kier alpha value is 0.387. The van der Waals surface area contributed by atoms with Gasteiger partial charge in [0.25, 0.3) is 0 Å². The van der Waals surface area contributed by atoms with Crippen molar-refractivity contribution in [1.29, 1.82) is 0 Å². The number of halogens is 1. The van der Waals surface area contributed by atoms with Crippen molar-refractivity contribution in [3.63, 3.8) is 0 Å². The van der Waals surface area contributed by atoms with Crippen LogP contribution in [0.1, 0.15) is 79.6 Å². The summed E-state index contributed by atoms with van der Waals surface area (Å²) in [5, 5.41) is 0.306. The molecule has 6 atom stereocenters. The fourth-order valence-electron chi connectivity index (χ4n) is 6.84. The highest BCUT2D eigenvalue weighted by Crippen LogP contribution is 2.65. The summed E-state index contributed by atoms with van der Waals surface area (Å²) in [5.41, 5.74) is 2.67. The van der Waals surface area contributed by atoms with Gasteiger partial charge in [-0.25, -0.2) is 0 Å². The molecule has 0 aromatic carbocycles. The Morgan fingerprint density at radius 3 is 2.36 bits per heavy atom. The Morgan fingerprint density at radius 2 is 1.68 bits per heavy atom. The lowest BCUT2D eigenvalue weighted by Crippen LogP contribution is -2.51. The van der Waals surface area contributed by atoms with Crippen LogP contribution >= 0.6 is 22.6 Å². The van der Waals surface area contributed by atoms with Gasteiger partial charge in [0, 0.05) is 11.5 Å². The molecule has 1 nitrogen and oxygen atoms in total. The van der Waals surface area contributed by atoms with Crippen molar-refractivity contribution in [2.45, 2.75) is 104 Å². The first-order chi connectivity index (χ1) is 12.9. The van der Waals surface area contributed by atoms with Crippen LogP contribution in [0.2, 0.25) is 18.1 Å². The number of allylic oxidation sites excluding steroid dienone is 3. The maximum atomic E-state index is 6.86. The monoisotopic (exact) mass is 512 g/mol. The summed E-state index contributed by atoms with van der Waals surface area (Å²) in [6.07, 6.45) is 15.0. The maximum Gasteiger partial charge on any atom is 0.192 e. The highest BCUT2D eigenvalue weighted by molar-refractivity contribution is 14.1. The lowest BCUT2D eigenvalue weighted by Gasteiger charge is -2.58. The Bertz CT molecular complexity index is 702. The molecule has 0 bridgehead atoms.